The van der Waals surface area contributed by atoms with Crippen LogP contribution in [0.15, 0.2) is 0 Å². The summed E-state index contributed by atoms with van der Waals surface area (Å²) in [4.78, 5) is 2.44. The molecule has 0 amide bonds. The third-order valence-corrected chi connectivity index (χ3v) is 4.72. The molecular weight excluding hydrogens is 236 g/mol. The van der Waals surface area contributed by atoms with E-state index in [2.05, 4.69) is 10.2 Å². The molecule has 1 saturated heterocycles. The number of sulfone groups is 1. The van der Waals surface area contributed by atoms with Crippen molar-refractivity contribution in [2.45, 2.75) is 31.7 Å². The highest BCUT2D eigenvalue weighted by atomic mass is 32.2. The molecule has 1 unspecified atom stereocenters. The SMILES string of the molecule is CS(=O)(=O)CCCN1CCCNC(C2CC2)C1. The lowest BCUT2D eigenvalue weighted by atomic mass is 10.2. The minimum absolute atomic E-state index is 0.324. The maximum atomic E-state index is 11.1. The van der Waals surface area contributed by atoms with Gasteiger partial charge in [0.2, 0.25) is 0 Å². The zero-order valence-electron chi connectivity index (χ0n) is 10.7. The highest BCUT2D eigenvalue weighted by molar-refractivity contribution is 7.90. The number of nitrogens with one attached hydrogen (secondary N) is 1. The van der Waals surface area contributed by atoms with Gasteiger partial charge < -0.3 is 10.2 Å². The van der Waals surface area contributed by atoms with Crippen molar-refractivity contribution in [3.63, 3.8) is 0 Å². The minimum atomic E-state index is -2.79. The van der Waals surface area contributed by atoms with Crippen LogP contribution in [0.5, 0.6) is 0 Å². The van der Waals surface area contributed by atoms with Crippen molar-refractivity contribution in [2.75, 3.05) is 38.2 Å². The molecule has 17 heavy (non-hydrogen) atoms. The van der Waals surface area contributed by atoms with E-state index in [0.717, 1.165) is 38.5 Å². The Hall–Kier alpha value is -0.130. The molecule has 0 aromatic rings. The second-order valence-corrected chi connectivity index (χ2v) is 7.80. The Labute approximate surface area is 105 Å². The Morgan fingerprint density at radius 3 is 2.76 bits per heavy atom. The van der Waals surface area contributed by atoms with Gasteiger partial charge in [0, 0.05) is 18.8 Å². The predicted molar refractivity (Wildman–Crippen MR) is 69.9 cm³/mol. The van der Waals surface area contributed by atoms with E-state index >= 15 is 0 Å². The Kier molecular flexibility index (Phi) is 4.44. The monoisotopic (exact) mass is 260 g/mol. The summed E-state index contributed by atoms with van der Waals surface area (Å²) >= 11 is 0. The van der Waals surface area contributed by atoms with Crippen LogP contribution in [0.3, 0.4) is 0 Å². The summed E-state index contributed by atoms with van der Waals surface area (Å²) in [6, 6.07) is 0.649. The van der Waals surface area contributed by atoms with Gasteiger partial charge in [-0.05, 0) is 51.2 Å². The fourth-order valence-electron chi connectivity index (χ4n) is 2.59. The Bertz CT molecular complexity index is 338. The van der Waals surface area contributed by atoms with Gasteiger partial charge in [-0.3, -0.25) is 0 Å². The summed E-state index contributed by atoms with van der Waals surface area (Å²) in [6.07, 6.45) is 6.02. The number of nitrogens with zero attached hydrogens (tertiary/aromatic N) is 1. The van der Waals surface area contributed by atoms with Gasteiger partial charge in [-0.15, -0.1) is 0 Å². The molecule has 1 aliphatic carbocycles. The molecule has 0 radical (unpaired) electrons. The summed E-state index contributed by atoms with van der Waals surface area (Å²) in [7, 11) is -2.79. The standard InChI is InChI=1S/C12H24N2O2S/c1-17(15,16)9-3-8-14-7-2-6-13-12(10-14)11-4-5-11/h11-13H,2-10H2,1H3. The number of hydrogen-bond donors (Lipinski definition) is 1. The highest BCUT2D eigenvalue weighted by Crippen LogP contribution is 2.33. The van der Waals surface area contributed by atoms with Crippen molar-refractivity contribution in [1.82, 2.24) is 10.2 Å². The third kappa shape index (κ3) is 4.94. The van der Waals surface area contributed by atoms with Gasteiger partial charge in [-0.25, -0.2) is 8.42 Å². The molecule has 0 aromatic carbocycles. The lowest BCUT2D eigenvalue weighted by molar-refractivity contribution is 0.259. The average molecular weight is 260 g/mol. The molecule has 1 N–H and O–H groups in total. The summed E-state index contributed by atoms with van der Waals surface area (Å²) < 4.78 is 22.2. The maximum absolute atomic E-state index is 11.1. The summed E-state index contributed by atoms with van der Waals surface area (Å²) in [5, 5.41) is 3.62. The third-order valence-electron chi connectivity index (χ3n) is 3.69. The zero-order chi connectivity index (χ0) is 12.3. The lowest BCUT2D eigenvalue weighted by Crippen LogP contribution is -2.39. The molecule has 1 saturated carbocycles. The first kappa shape index (κ1) is 13.3. The molecule has 1 aliphatic heterocycles. The molecule has 5 heteroatoms. The molecule has 4 nitrogen and oxygen atoms in total. The first-order chi connectivity index (χ1) is 8.04. The molecule has 2 aliphatic rings. The van der Waals surface area contributed by atoms with E-state index in [-0.39, 0.29) is 0 Å². The molecule has 1 heterocycles. The van der Waals surface area contributed by atoms with E-state index in [1.165, 1.54) is 25.5 Å². The van der Waals surface area contributed by atoms with Crippen LogP contribution in [0.1, 0.15) is 25.7 Å². The first-order valence-corrected chi connectivity index (χ1v) is 8.74. The Morgan fingerprint density at radius 2 is 2.12 bits per heavy atom. The lowest BCUT2D eigenvalue weighted by Gasteiger charge is -2.24. The average Bonchev–Trinajstić information content (AvgIpc) is 3.02. The minimum Gasteiger partial charge on any atom is -0.312 e. The normalized spacial score (nSPS) is 27.9. The van der Waals surface area contributed by atoms with Crippen LogP contribution in [0.2, 0.25) is 0 Å². The molecule has 0 spiro atoms. The van der Waals surface area contributed by atoms with Crippen LogP contribution in [0.4, 0.5) is 0 Å². The zero-order valence-corrected chi connectivity index (χ0v) is 11.5. The van der Waals surface area contributed by atoms with E-state index in [4.69, 9.17) is 0 Å². The van der Waals surface area contributed by atoms with E-state index in [1.54, 1.807) is 0 Å². The highest BCUT2D eigenvalue weighted by Gasteiger charge is 2.32. The second kappa shape index (κ2) is 5.67. The molecule has 1 atom stereocenters. The predicted octanol–water partition coefficient (Wildman–Crippen LogP) is 0.495. The topological polar surface area (TPSA) is 49.4 Å². The first-order valence-electron chi connectivity index (χ1n) is 6.68. The van der Waals surface area contributed by atoms with Gasteiger partial charge in [0.1, 0.15) is 9.84 Å². The van der Waals surface area contributed by atoms with E-state index in [0.29, 0.717) is 11.8 Å². The van der Waals surface area contributed by atoms with Crippen molar-refractivity contribution in [3.05, 3.63) is 0 Å². The quantitative estimate of drug-likeness (QED) is 0.782. The number of hydrogen-bond acceptors (Lipinski definition) is 4. The fraction of sp³-hybridized carbons (Fsp3) is 1.00. The van der Waals surface area contributed by atoms with Crippen molar-refractivity contribution >= 4 is 9.84 Å². The van der Waals surface area contributed by atoms with Crippen LogP contribution in [0, 0.1) is 5.92 Å². The van der Waals surface area contributed by atoms with Crippen LogP contribution in [0.25, 0.3) is 0 Å². The molecule has 100 valence electrons. The van der Waals surface area contributed by atoms with Crippen molar-refractivity contribution in [1.29, 1.82) is 0 Å². The van der Waals surface area contributed by atoms with Gasteiger partial charge in [0.15, 0.2) is 0 Å². The summed E-state index contributed by atoms with van der Waals surface area (Å²) in [5.74, 6) is 1.20. The summed E-state index contributed by atoms with van der Waals surface area (Å²) in [5.41, 5.74) is 0. The van der Waals surface area contributed by atoms with Crippen molar-refractivity contribution in [3.8, 4) is 0 Å². The smallest absolute Gasteiger partial charge is 0.147 e. The Morgan fingerprint density at radius 1 is 1.35 bits per heavy atom. The van der Waals surface area contributed by atoms with Crippen LogP contribution in [-0.2, 0) is 9.84 Å². The molecule has 0 aromatic heterocycles. The summed E-state index contributed by atoms with van der Waals surface area (Å²) in [6.45, 7) is 4.26. The van der Waals surface area contributed by atoms with Gasteiger partial charge in [-0.1, -0.05) is 0 Å². The van der Waals surface area contributed by atoms with Crippen LogP contribution < -0.4 is 5.32 Å². The number of rotatable bonds is 5. The molecule has 2 fully saturated rings. The molecular formula is C12H24N2O2S. The Balaban J connectivity index is 1.74. The fourth-order valence-corrected chi connectivity index (χ4v) is 3.25. The van der Waals surface area contributed by atoms with Crippen molar-refractivity contribution < 1.29 is 8.42 Å². The van der Waals surface area contributed by atoms with Gasteiger partial charge >= 0.3 is 0 Å². The van der Waals surface area contributed by atoms with Gasteiger partial charge in [-0.2, -0.15) is 0 Å². The van der Waals surface area contributed by atoms with E-state index in [1.807, 2.05) is 0 Å². The van der Waals surface area contributed by atoms with Crippen LogP contribution >= 0.6 is 0 Å². The molecule has 0 bridgehead atoms. The maximum Gasteiger partial charge on any atom is 0.147 e. The van der Waals surface area contributed by atoms with Gasteiger partial charge in [0.05, 0.1) is 5.75 Å². The largest absolute Gasteiger partial charge is 0.312 e. The van der Waals surface area contributed by atoms with E-state index in [9.17, 15) is 8.42 Å². The van der Waals surface area contributed by atoms with E-state index < -0.39 is 9.84 Å². The van der Waals surface area contributed by atoms with Crippen LogP contribution in [-0.4, -0.2) is 57.5 Å². The second-order valence-electron chi connectivity index (χ2n) is 5.54. The molecule has 2 rings (SSSR count). The van der Waals surface area contributed by atoms with Crippen molar-refractivity contribution in [2.24, 2.45) is 5.92 Å². The van der Waals surface area contributed by atoms with Gasteiger partial charge in [0.25, 0.3) is 0 Å².